The summed E-state index contributed by atoms with van der Waals surface area (Å²) in [6, 6.07) is 15.0. The smallest absolute Gasteiger partial charge is 0.290 e. The number of methoxy groups -OCH3 is 1. The van der Waals surface area contributed by atoms with E-state index in [1.807, 2.05) is 48.5 Å². The fourth-order valence-electron chi connectivity index (χ4n) is 2.67. The van der Waals surface area contributed by atoms with Crippen LogP contribution < -0.4 is 0 Å². The van der Waals surface area contributed by atoms with Gasteiger partial charge < -0.3 is 14.1 Å². The third-order valence-corrected chi connectivity index (χ3v) is 4.11. The average Bonchev–Trinajstić information content (AvgIpc) is 2.95. The van der Waals surface area contributed by atoms with Gasteiger partial charge in [-0.3, -0.25) is 4.79 Å². The molecule has 0 bridgehead atoms. The van der Waals surface area contributed by atoms with Crippen LogP contribution in [0, 0.1) is 0 Å². The Balaban J connectivity index is 1.89. The van der Waals surface area contributed by atoms with Crippen LogP contribution in [0.4, 0.5) is 0 Å². The summed E-state index contributed by atoms with van der Waals surface area (Å²) < 4.78 is 11.1. The number of fused-ring (bicyclic) bond motifs is 1. The first-order valence-corrected chi connectivity index (χ1v) is 7.97. The van der Waals surface area contributed by atoms with Gasteiger partial charge in [0.2, 0.25) is 0 Å². The number of rotatable bonds is 5. The van der Waals surface area contributed by atoms with Crippen molar-refractivity contribution in [3.8, 4) is 0 Å². The van der Waals surface area contributed by atoms with Crippen molar-refractivity contribution in [1.29, 1.82) is 0 Å². The molecule has 0 fully saturated rings. The molecular formula is C19H18ClNO3. The molecule has 0 radical (unpaired) electrons. The minimum atomic E-state index is -0.173. The zero-order valence-corrected chi connectivity index (χ0v) is 14.3. The molecule has 0 saturated heterocycles. The van der Waals surface area contributed by atoms with Gasteiger partial charge in [0, 0.05) is 36.7 Å². The zero-order chi connectivity index (χ0) is 17.1. The van der Waals surface area contributed by atoms with E-state index in [0.717, 1.165) is 16.5 Å². The molecule has 2 aromatic carbocycles. The van der Waals surface area contributed by atoms with Gasteiger partial charge in [-0.25, -0.2) is 0 Å². The van der Waals surface area contributed by atoms with E-state index < -0.39 is 0 Å². The number of para-hydroxylation sites is 1. The summed E-state index contributed by atoms with van der Waals surface area (Å²) in [5.41, 5.74) is 2.47. The number of amides is 1. The van der Waals surface area contributed by atoms with Gasteiger partial charge >= 0.3 is 0 Å². The number of ether oxygens (including phenoxy) is 1. The van der Waals surface area contributed by atoms with E-state index in [9.17, 15) is 4.79 Å². The molecule has 4 nitrogen and oxygen atoms in total. The van der Waals surface area contributed by atoms with E-state index >= 15 is 0 Å². The molecule has 0 saturated carbocycles. The Bertz CT molecular complexity index is 855. The Kier molecular flexibility index (Phi) is 4.88. The summed E-state index contributed by atoms with van der Waals surface area (Å²) in [7, 11) is 3.36. The molecular weight excluding hydrogens is 326 g/mol. The van der Waals surface area contributed by atoms with Crippen molar-refractivity contribution >= 4 is 28.5 Å². The van der Waals surface area contributed by atoms with Crippen LogP contribution in [0.2, 0.25) is 5.02 Å². The average molecular weight is 344 g/mol. The quantitative estimate of drug-likeness (QED) is 0.684. The molecule has 0 aliphatic rings. The molecule has 0 atom stereocenters. The summed E-state index contributed by atoms with van der Waals surface area (Å²) in [4.78, 5) is 14.5. The molecule has 24 heavy (non-hydrogen) atoms. The topological polar surface area (TPSA) is 42.7 Å². The number of carbonyl (C=O) groups is 1. The Morgan fingerprint density at radius 1 is 1.17 bits per heavy atom. The molecule has 3 aromatic rings. The molecule has 1 aromatic heterocycles. The van der Waals surface area contributed by atoms with Gasteiger partial charge in [-0.2, -0.15) is 0 Å². The van der Waals surface area contributed by atoms with Crippen LogP contribution in [-0.2, 0) is 17.9 Å². The van der Waals surface area contributed by atoms with Crippen LogP contribution in [0.5, 0.6) is 0 Å². The van der Waals surface area contributed by atoms with Gasteiger partial charge in [-0.1, -0.05) is 41.9 Å². The maximum Gasteiger partial charge on any atom is 0.290 e. The maximum atomic E-state index is 12.8. The second kappa shape index (κ2) is 7.07. The molecule has 3 rings (SSSR count). The third kappa shape index (κ3) is 3.30. The minimum Gasteiger partial charge on any atom is -0.451 e. The summed E-state index contributed by atoms with van der Waals surface area (Å²) in [6.45, 7) is 0.798. The molecule has 5 heteroatoms. The molecule has 0 unspecified atom stereocenters. The third-order valence-electron chi connectivity index (χ3n) is 3.86. The van der Waals surface area contributed by atoms with E-state index in [-0.39, 0.29) is 5.91 Å². The highest BCUT2D eigenvalue weighted by Crippen LogP contribution is 2.27. The number of benzene rings is 2. The van der Waals surface area contributed by atoms with Crippen LogP contribution in [-0.4, -0.2) is 25.0 Å². The highest BCUT2D eigenvalue weighted by Gasteiger charge is 2.23. The number of hydrogen-bond acceptors (Lipinski definition) is 3. The first kappa shape index (κ1) is 16.6. The van der Waals surface area contributed by atoms with Crippen molar-refractivity contribution in [2.45, 2.75) is 13.2 Å². The lowest BCUT2D eigenvalue weighted by Crippen LogP contribution is -2.26. The number of carbonyl (C=O) groups excluding carboxylic acids is 1. The maximum absolute atomic E-state index is 12.8. The van der Waals surface area contributed by atoms with Crippen molar-refractivity contribution in [1.82, 2.24) is 4.90 Å². The lowest BCUT2D eigenvalue weighted by molar-refractivity contribution is 0.0749. The molecule has 124 valence electrons. The number of hydrogen-bond donors (Lipinski definition) is 0. The fourth-order valence-corrected chi connectivity index (χ4v) is 2.79. The van der Waals surface area contributed by atoms with Crippen molar-refractivity contribution in [2.75, 3.05) is 14.2 Å². The van der Waals surface area contributed by atoms with Gasteiger partial charge in [0.25, 0.3) is 5.91 Å². The van der Waals surface area contributed by atoms with Crippen molar-refractivity contribution in [2.24, 2.45) is 0 Å². The van der Waals surface area contributed by atoms with Crippen molar-refractivity contribution in [3.05, 3.63) is 70.4 Å². The summed E-state index contributed by atoms with van der Waals surface area (Å²) in [5.74, 6) is 0.155. The predicted octanol–water partition coefficient (Wildman–Crippen LogP) is 4.50. The minimum absolute atomic E-state index is 0.173. The largest absolute Gasteiger partial charge is 0.451 e. The summed E-state index contributed by atoms with van der Waals surface area (Å²) >= 11 is 5.90. The second-order valence-electron chi connectivity index (χ2n) is 5.63. The van der Waals surface area contributed by atoms with Gasteiger partial charge in [0.05, 0.1) is 6.61 Å². The lowest BCUT2D eigenvalue weighted by Gasteiger charge is -2.16. The molecule has 0 aliphatic heterocycles. The first-order valence-electron chi connectivity index (χ1n) is 7.59. The van der Waals surface area contributed by atoms with E-state index in [2.05, 4.69) is 0 Å². The number of nitrogens with zero attached hydrogens (tertiary/aromatic N) is 1. The van der Waals surface area contributed by atoms with Gasteiger partial charge in [0.15, 0.2) is 5.76 Å². The zero-order valence-electron chi connectivity index (χ0n) is 13.6. The summed E-state index contributed by atoms with van der Waals surface area (Å²) in [5, 5.41) is 1.58. The molecule has 0 N–H and O–H groups in total. The second-order valence-corrected chi connectivity index (χ2v) is 6.06. The Morgan fingerprint density at radius 2 is 1.88 bits per heavy atom. The molecule has 0 aliphatic carbocycles. The predicted molar refractivity (Wildman–Crippen MR) is 94.2 cm³/mol. The highest BCUT2D eigenvalue weighted by atomic mass is 35.5. The Morgan fingerprint density at radius 3 is 2.58 bits per heavy atom. The van der Waals surface area contributed by atoms with Gasteiger partial charge in [-0.15, -0.1) is 0 Å². The monoisotopic (exact) mass is 343 g/mol. The van der Waals surface area contributed by atoms with Crippen LogP contribution in [0.25, 0.3) is 11.0 Å². The Hall–Kier alpha value is -2.30. The van der Waals surface area contributed by atoms with Crippen LogP contribution in [0.3, 0.4) is 0 Å². The van der Waals surface area contributed by atoms with Crippen molar-refractivity contribution in [3.63, 3.8) is 0 Å². The number of furan rings is 1. The van der Waals surface area contributed by atoms with E-state index in [1.54, 1.807) is 19.1 Å². The van der Waals surface area contributed by atoms with Crippen LogP contribution >= 0.6 is 11.6 Å². The van der Waals surface area contributed by atoms with E-state index in [4.69, 9.17) is 20.8 Å². The lowest BCUT2D eigenvalue weighted by atomic mass is 10.1. The van der Waals surface area contributed by atoms with E-state index in [0.29, 0.717) is 29.5 Å². The van der Waals surface area contributed by atoms with Crippen LogP contribution in [0.1, 0.15) is 21.7 Å². The fraction of sp³-hybridized carbons (Fsp3) is 0.211. The normalized spacial score (nSPS) is 11.0. The van der Waals surface area contributed by atoms with Gasteiger partial charge in [-0.05, 0) is 23.8 Å². The van der Waals surface area contributed by atoms with Crippen molar-refractivity contribution < 1.29 is 13.9 Å². The SMILES string of the molecule is COCc1c(C(=O)N(C)Cc2ccc(Cl)cc2)oc2ccccc12. The highest BCUT2D eigenvalue weighted by molar-refractivity contribution is 6.30. The summed E-state index contributed by atoms with van der Waals surface area (Å²) in [6.07, 6.45) is 0. The first-order chi connectivity index (χ1) is 11.6. The molecule has 1 heterocycles. The standard InChI is InChI=1S/C19H18ClNO3/c1-21(11-13-7-9-14(20)10-8-13)19(22)18-16(12-23-2)15-5-3-4-6-17(15)24-18/h3-10H,11-12H2,1-2H3. The van der Waals surface area contributed by atoms with Gasteiger partial charge in [0.1, 0.15) is 5.58 Å². The Labute approximate surface area is 145 Å². The number of halogens is 1. The van der Waals surface area contributed by atoms with Crippen LogP contribution in [0.15, 0.2) is 52.9 Å². The molecule has 0 spiro atoms. The molecule has 1 amide bonds. The van der Waals surface area contributed by atoms with E-state index in [1.165, 1.54) is 0 Å².